The molecule has 2 heterocycles. The molecular formula is C35H39N5OS. The highest BCUT2D eigenvalue weighted by Gasteiger charge is 2.15. The van der Waals surface area contributed by atoms with Gasteiger partial charge in [0.1, 0.15) is 5.82 Å². The summed E-state index contributed by atoms with van der Waals surface area (Å²) in [5.41, 5.74) is 6.71. The summed E-state index contributed by atoms with van der Waals surface area (Å²) in [6.45, 7) is 9.73. The van der Waals surface area contributed by atoms with Crippen LogP contribution in [0.1, 0.15) is 56.6 Å². The third-order valence-electron chi connectivity index (χ3n) is 7.38. The minimum absolute atomic E-state index is 0.0378. The van der Waals surface area contributed by atoms with Gasteiger partial charge in [0.15, 0.2) is 0 Å². The number of benzene rings is 3. The molecule has 0 unspecified atom stereocenters. The molecule has 0 fully saturated rings. The second kappa shape index (κ2) is 13.3. The van der Waals surface area contributed by atoms with Crippen molar-refractivity contribution < 1.29 is 0 Å². The van der Waals surface area contributed by atoms with E-state index in [0.717, 1.165) is 52.5 Å². The van der Waals surface area contributed by atoms with Gasteiger partial charge in [0.2, 0.25) is 0 Å². The van der Waals surface area contributed by atoms with Crippen LogP contribution in [0.15, 0.2) is 107 Å². The van der Waals surface area contributed by atoms with Crippen LogP contribution in [-0.2, 0) is 31.3 Å². The van der Waals surface area contributed by atoms with Gasteiger partial charge in [0.25, 0.3) is 0 Å². The Kier molecular flexibility index (Phi) is 9.28. The van der Waals surface area contributed by atoms with E-state index in [2.05, 4.69) is 97.2 Å². The van der Waals surface area contributed by atoms with Crippen molar-refractivity contribution in [1.29, 1.82) is 0 Å². The summed E-state index contributed by atoms with van der Waals surface area (Å²) < 4.78 is 6.75. The Bertz CT molecular complexity index is 1630. The van der Waals surface area contributed by atoms with Crippen LogP contribution in [0.3, 0.4) is 0 Å². The van der Waals surface area contributed by atoms with Gasteiger partial charge in [0, 0.05) is 23.4 Å². The number of hydrogen-bond donors (Lipinski definition) is 1. The third-order valence-corrected chi connectivity index (χ3v) is 8.22. The molecule has 0 saturated heterocycles. The number of anilines is 1. The summed E-state index contributed by atoms with van der Waals surface area (Å²) in [7, 11) is 0. The second-order valence-corrected chi connectivity index (χ2v) is 12.4. The van der Waals surface area contributed by atoms with E-state index in [1.54, 1.807) is 21.2 Å². The largest absolute Gasteiger partial charge is 0.346 e. The number of aryl methyl sites for hydroxylation is 2. The first kappa shape index (κ1) is 29.4. The van der Waals surface area contributed by atoms with Crippen molar-refractivity contribution in [2.45, 2.75) is 70.4 Å². The van der Waals surface area contributed by atoms with E-state index in [0.29, 0.717) is 13.1 Å². The maximum Gasteiger partial charge on any atom is 0.346 e. The number of rotatable bonds is 11. The quantitative estimate of drug-likeness (QED) is 0.163. The van der Waals surface area contributed by atoms with Crippen LogP contribution in [0.5, 0.6) is 0 Å². The lowest BCUT2D eigenvalue weighted by Gasteiger charge is -2.19. The summed E-state index contributed by atoms with van der Waals surface area (Å²) in [6.07, 6.45) is 4.48. The van der Waals surface area contributed by atoms with Gasteiger partial charge in [-0.05, 0) is 78.1 Å². The van der Waals surface area contributed by atoms with Crippen LogP contribution in [0.25, 0.3) is 11.3 Å². The zero-order valence-electron chi connectivity index (χ0n) is 24.9. The van der Waals surface area contributed by atoms with E-state index in [1.807, 2.05) is 37.4 Å². The lowest BCUT2D eigenvalue weighted by molar-refractivity contribution is 0.588. The summed E-state index contributed by atoms with van der Waals surface area (Å²) in [5, 5.41) is 4.72. The standard InChI is InChI=1S/C35H39N5OS/c1-5-39-33(37-40(34(39)41)25-27-16-20-29(21-17-27)35(2,3)4)13-9-10-26-14-18-28(19-15-26)32-23-22-30(24-36-32)38-42-31-11-7-6-8-12-31/h6-8,11-12,14-24,38H,5,9-10,13,25H2,1-4H3. The van der Waals surface area contributed by atoms with Crippen molar-refractivity contribution in [2.75, 3.05) is 4.72 Å². The zero-order chi connectivity index (χ0) is 29.5. The molecule has 7 heteroatoms. The Hall–Kier alpha value is -4.10. The molecule has 0 radical (unpaired) electrons. The average Bonchev–Trinajstić information content (AvgIpc) is 3.30. The molecule has 0 aliphatic carbocycles. The van der Waals surface area contributed by atoms with E-state index in [-0.39, 0.29) is 11.1 Å². The molecule has 42 heavy (non-hydrogen) atoms. The Morgan fingerprint density at radius 1 is 0.833 bits per heavy atom. The molecule has 3 aromatic carbocycles. The van der Waals surface area contributed by atoms with Gasteiger partial charge in [-0.25, -0.2) is 9.48 Å². The molecule has 2 aromatic heterocycles. The van der Waals surface area contributed by atoms with Crippen LogP contribution in [0.2, 0.25) is 0 Å². The molecule has 0 spiro atoms. The van der Waals surface area contributed by atoms with Gasteiger partial charge < -0.3 is 4.72 Å². The lowest BCUT2D eigenvalue weighted by atomic mass is 9.87. The number of hydrogen-bond acceptors (Lipinski definition) is 5. The SMILES string of the molecule is CCn1c(CCCc2ccc(-c3ccc(NSc4ccccc4)cn3)cc2)nn(Cc2ccc(C(C)(C)C)cc2)c1=O. The fourth-order valence-corrected chi connectivity index (χ4v) is 5.55. The van der Waals surface area contributed by atoms with Crippen molar-refractivity contribution in [3.05, 3.63) is 130 Å². The molecule has 6 nitrogen and oxygen atoms in total. The molecule has 1 N–H and O–H groups in total. The van der Waals surface area contributed by atoms with Crippen LogP contribution in [0.4, 0.5) is 5.69 Å². The molecule has 5 rings (SSSR count). The van der Waals surface area contributed by atoms with Crippen LogP contribution in [-0.4, -0.2) is 19.3 Å². The van der Waals surface area contributed by atoms with E-state index in [4.69, 9.17) is 5.10 Å². The molecule has 5 aromatic rings. The van der Waals surface area contributed by atoms with Gasteiger partial charge >= 0.3 is 5.69 Å². The third kappa shape index (κ3) is 7.39. The highest BCUT2D eigenvalue weighted by molar-refractivity contribution is 8.00. The van der Waals surface area contributed by atoms with Gasteiger partial charge in [-0.2, -0.15) is 5.10 Å². The number of nitrogens with zero attached hydrogens (tertiary/aromatic N) is 4. The van der Waals surface area contributed by atoms with Crippen molar-refractivity contribution in [3.63, 3.8) is 0 Å². The van der Waals surface area contributed by atoms with E-state index in [9.17, 15) is 4.79 Å². The van der Waals surface area contributed by atoms with Crippen LogP contribution < -0.4 is 10.4 Å². The van der Waals surface area contributed by atoms with Crippen LogP contribution >= 0.6 is 11.9 Å². The fourth-order valence-electron chi connectivity index (χ4n) is 4.90. The van der Waals surface area contributed by atoms with Gasteiger partial charge in [0.05, 0.1) is 24.1 Å². The number of aromatic nitrogens is 4. The molecule has 0 aliphatic rings. The molecular weight excluding hydrogens is 538 g/mol. The van der Waals surface area contributed by atoms with Gasteiger partial charge in [-0.15, -0.1) is 0 Å². The lowest BCUT2D eigenvalue weighted by Crippen LogP contribution is -2.25. The molecule has 0 saturated carbocycles. The minimum atomic E-state index is -0.0378. The summed E-state index contributed by atoms with van der Waals surface area (Å²) in [4.78, 5) is 18.8. The molecule has 0 atom stereocenters. The van der Waals surface area contributed by atoms with Crippen molar-refractivity contribution in [2.24, 2.45) is 0 Å². The number of nitrogens with one attached hydrogen (secondary N) is 1. The Balaban J connectivity index is 1.15. The molecule has 0 amide bonds. The monoisotopic (exact) mass is 577 g/mol. The summed E-state index contributed by atoms with van der Waals surface area (Å²) >= 11 is 1.57. The topological polar surface area (TPSA) is 64.7 Å². The number of pyridine rings is 1. The zero-order valence-corrected chi connectivity index (χ0v) is 25.7. The predicted octanol–water partition coefficient (Wildman–Crippen LogP) is 7.77. The normalized spacial score (nSPS) is 11.5. The fraction of sp³-hybridized carbons (Fsp3) is 0.286. The predicted molar refractivity (Wildman–Crippen MR) is 174 cm³/mol. The first-order chi connectivity index (χ1) is 20.3. The highest BCUT2D eigenvalue weighted by Crippen LogP contribution is 2.24. The maximum absolute atomic E-state index is 13.0. The second-order valence-electron chi connectivity index (χ2n) is 11.5. The highest BCUT2D eigenvalue weighted by atomic mass is 32.2. The molecule has 216 valence electrons. The van der Waals surface area contributed by atoms with E-state index in [1.165, 1.54) is 11.1 Å². The Morgan fingerprint density at radius 3 is 2.19 bits per heavy atom. The Morgan fingerprint density at radius 2 is 1.55 bits per heavy atom. The molecule has 0 aliphatic heterocycles. The van der Waals surface area contributed by atoms with Crippen molar-refractivity contribution in [3.8, 4) is 11.3 Å². The van der Waals surface area contributed by atoms with Gasteiger partial charge in [-0.3, -0.25) is 9.55 Å². The summed E-state index contributed by atoms with van der Waals surface area (Å²) in [5.74, 6) is 0.855. The molecule has 0 bridgehead atoms. The first-order valence-electron chi connectivity index (χ1n) is 14.6. The first-order valence-corrected chi connectivity index (χ1v) is 15.4. The smallest absolute Gasteiger partial charge is 0.324 e. The van der Waals surface area contributed by atoms with E-state index < -0.39 is 0 Å². The average molecular weight is 578 g/mol. The van der Waals surface area contributed by atoms with E-state index >= 15 is 0 Å². The van der Waals surface area contributed by atoms with Crippen LogP contribution in [0, 0.1) is 0 Å². The van der Waals surface area contributed by atoms with Crippen molar-refractivity contribution in [1.82, 2.24) is 19.3 Å². The Labute approximate surface area is 253 Å². The minimum Gasteiger partial charge on any atom is -0.324 e. The maximum atomic E-state index is 13.0. The summed E-state index contributed by atoms with van der Waals surface area (Å²) in [6, 6.07) is 31.4. The van der Waals surface area contributed by atoms with Gasteiger partial charge in [-0.1, -0.05) is 87.5 Å². The van der Waals surface area contributed by atoms with Crippen molar-refractivity contribution >= 4 is 17.6 Å².